The minimum atomic E-state index is -0.908. The molecule has 1 unspecified atom stereocenters. The van der Waals surface area contributed by atoms with Gasteiger partial charge < -0.3 is 14.8 Å². The number of nitrogens with one attached hydrogen (secondary N) is 1. The smallest absolute Gasteiger partial charge is 0.256 e. The molecule has 0 aliphatic rings. The Morgan fingerprint density at radius 2 is 2.14 bits per heavy atom. The molecule has 0 aliphatic heterocycles. The summed E-state index contributed by atoms with van der Waals surface area (Å²) in [7, 11) is 1.51. The number of nitriles is 1. The first-order valence-corrected chi connectivity index (χ1v) is 7.43. The minimum Gasteiger partial charge on any atom is -0.491 e. The molecule has 1 rings (SSSR count). The molecule has 5 nitrogen and oxygen atoms in total. The quantitative estimate of drug-likeness (QED) is 0.837. The van der Waals surface area contributed by atoms with E-state index in [9.17, 15) is 10.1 Å². The van der Waals surface area contributed by atoms with E-state index in [1.54, 1.807) is 25.1 Å². The molecule has 0 aliphatic carbocycles. The van der Waals surface area contributed by atoms with Gasteiger partial charge in [-0.05, 0) is 39.3 Å². The van der Waals surface area contributed by atoms with E-state index in [0.29, 0.717) is 23.4 Å². The van der Waals surface area contributed by atoms with Gasteiger partial charge in [0.2, 0.25) is 0 Å². The van der Waals surface area contributed by atoms with Gasteiger partial charge in [0.25, 0.3) is 5.91 Å². The van der Waals surface area contributed by atoms with Gasteiger partial charge in [-0.1, -0.05) is 13.3 Å². The number of benzene rings is 1. The van der Waals surface area contributed by atoms with E-state index >= 15 is 0 Å². The molecule has 0 aromatic heterocycles. The topological polar surface area (TPSA) is 71.3 Å². The van der Waals surface area contributed by atoms with E-state index < -0.39 is 5.60 Å². The number of ether oxygens (including phenoxy) is 2. The van der Waals surface area contributed by atoms with Crippen LogP contribution in [0.5, 0.6) is 5.75 Å². The van der Waals surface area contributed by atoms with Crippen LogP contribution >= 0.6 is 0 Å². The average molecular weight is 304 g/mol. The van der Waals surface area contributed by atoms with Gasteiger partial charge in [-0.15, -0.1) is 0 Å². The number of amides is 1. The molecule has 0 spiro atoms. The summed E-state index contributed by atoms with van der Waals surface area (Å²) in [5.74, 6) is 0.346. The third kappa shape index (κ3) is 4.47. The minimum absolute atomic E-state index is 0.0216. The van der Waals surface area contributed by atoms with Crippen LogP contribution in [0.15, 0.2) is 18.2 Å². The molecule has 0 heterocycles. The van der Waals surface area contributed by atoms with Gasteiger partial charge in [0, 0.05) is 13.2 Å². The number of nitrogens with zero attached hydrogens (tertiary/aromatic N) is 1. The molecule has 0 saturated carbocycles. The third-order valence-corrected chi connectivity index (χ3v) is 3.39. The molecule has 1 aromatic rings. The summed E-state index contributed by atoms with van der Waals surface area (Å²) in [6.07, 6.45) is 1.45. The molecule has 1 atom stereocenters. The number of carbonyl (C=O) groups excluding carboxylic acids is 1. The van der Waals surface area contributed by atoms with Crippen molar-refractivity contribution in [1.29, 1.82) is 5.26 Å². The first-order valence-electron chi connectivity index (χ1n) is 7.43. The van der Waals surface area contributed by atoms with E-state index in [2.05, 4.69) is 11.4 Å². The van der Waals surface area contributed by atoms with Gasteiger partial charge in [-0.3, -0.25) is 4.79 Å². The van der Waals surface area contributed by atoms with Crippen molar-refractivity contribution in [1.82, 2.24) is 0 Å². The number of hydrogen-bond donors (Lipinski definition) is 1. The molecule has 0 radical (unpaired) electrons. The molecule has 0 bridgehead atoms. The SMILES string of the molecule is CCCC(C)(OC)C(=O)Nc1ccc(OC(C)C)cc1C#N. The summed E-state index contributed by atoms with van der Waals surface area (Å²) >= 11 is 0. The molecule has 0 saturated heterocycles. The Hall–Kier alpha value is -2.06. The van der Waals surface area contributed by atoms with Crippen molar-refractivity contribution >= 4 is 11.6 Å². The summed E-state index contributed by atoms with van der Waals surface area (Å²) in [5, 5.41) is 12.0. The predicted molar refractivity (Wildman–Crippen MR) is 85.9 cm³/mol. The van der Waals surface area contributed by atoms with Crippen LogP contribution in [0.3, 0.4) is 0 Å². The van der Waals surface area contributed by atoms with Gasteiger partial charge in [0.05, 0.1) is 17.4 Å². The monoisotopic (exact) mass is 304 g/mol. The van der Waals surface area contributed by atoms with E-state index in [-0.39, 0.29) is 12.0 Å². The van der Waals surface area contributed by atoms with Crippen LogP contribution in [0, 0.1) is 11.3 Å². The number of carbonyl (C=O) groups is 1. The number of hydrogen-bond acceptors (Lipinski definition) is 4. The van der Waals surface area contributed by atoms with Gasteiger partial charge in [-0.2, -0.15) is 5.26 Å². The standard InChI is InChI=1S/C17H24N2O3/c1-6-9-17(4,21-5)16(20)19-15-8-7-14(22-12(2)3)10-13(15)11-18/h7-8,10,12H,6,9H2,1-5H3,(H,19,20). The van der Waals surface area contributed by atoms with Gasteiger partial charge in [-0.25, -0.2) is 0 Å². The Kier molecular flexibility index (Phi) is 6.39. The Morgan fingerprint density at radius 1 is 1.45 bits per heavy atom. The second-order valence-electron chi connectivity index (χ2n) is 5.62. The van der Waals surface area contributed by atoms with Crippen LogP contribution < -0.4 is 10.1 Å². The van der Waals surface area contributed by atoms with Crippen molar-refractivity contribution in [3.63, 3.8) is 0 Å². The maximum absolute atomic E-state index is 12.4. The molecule has 1 amide bonds. The number of rotatable bonds is 7. The van der Waals surface area contributed by atoms with Crippen LogP contribution in [0.4, 0.5) is 5.69 Å². The maximum atomic E-state index is 12.4. The van der Waals surface area contributed by atoms with E-state index in [1.807, 2.05) is 20.8 Å². The highest BCUT2D eigenvalue weighted by atomic mass is 16.5. The summed E-state index contributed by atoms with van der Waals surface area (Å²) in [6, 6.07) is 7.12. The Labute approximate surface area is 132 Å². The van der Waals surface area contributed by atoms with Crippen molar-refractivity contribution in [3.8, 4) is 11.8 Å². The lowest BCUT2D eigenvalue weighted by atomic mass is 9.99. The Bertz CT molecular complexity index is 564. The molecule has 1 N–H and O–H groups in total. The molecular weight excluding hydrogens is 280 g/mol. The summed E-state index contributed by atoms with van der Waals surface area (Å²) < 4.78 is 10.9. The van der Waals surface area contributed by atoms with Crippen molar-refractivity contribution in [2.24, 2.45) is 0 Å². The highest BCUT2D eigenvalue weighted by molar-refractivity contribution is 5.98. The fourth-order valence-corrected chi connectivity index (χ4v) is 2.11. The fraction of sp³-hybridized carbons (Fsp3) is 0.529. The number of methoxy groups -OCH3 is 1. The lowest BCUT2D eigenvalue weighted by Gasteiger charge is -2.26. The maximum Gasteiger partial charge on any atom is 0.256 e. The fourth-order valence-electron chi connectivity index (χ4n) is 2.11. The largest absolute Gasteiger partial charge is 0.491 e. The second-order valence-corrected chi connectivity index (χ2v) is 5.62. The Balaban J connectivity index is 2.98. The number of anilines is 1. The third-order valence-electron chi connectivity index (χ3n) is 3.39. The van der Waals surface area contributed by atoms with E-state index in [0.717, 1.165) is 6.42 Å². The zero-order valence-electron chi connectivity index (χ0n) is 13.9. The molecule has 22 heavy (non-hydrogen) atoms. The lowest BCUT2D eigenvalue weighted by molar-refractivity contribution is -0.136. The molecular formula is C17H24N2O3. The van der Waals surface area contributed by atoms with Crippen molar-refractivity contribution in [3.05, 3.63) is 23.8 Å². The zero-order chi connectivity index (χ0) is 16.8. The van der Waals surface area contributed by atoms with Crippen LogP contribution in [-0.2, 0) is 9.53 Å². The molecule has 1 aromatic carbocycles. The van der Waals surface area contributed by atoms with Crippen LogP contribution in [0.1, 0.15) is 46.1 Å². The normalized spacial score (nSPS) is 13.3. The van der Waals surface area contributed by atoms with E-state index in [1.165, 1.54) is 7.11 Å². The van der Waals surface area contributed by atoms with Crippen LogP contribution in [0.25, 0.3) is 0 Å². The highest BCUT2D eigenvalue weighted by Crippen LogP contribution is 2.25. The summed E-state index contributed by atoms with van der Waals surface area (Å²) in [4.78, 5) is 12.4. The molecule has 0 fully saturated rings. The van der Waals surface area contributed by atoms with E-state index in [4.69, 9.17) is 9.47 Å². The predicted octanol–water partition coefficient (Wildman–Crippen LogP) is 3.49. The lowest BCUT2D eigenvalue weighted by Crippen LogP contribution is -2.41. The van der Waals surface area contributed by atoms with Crippen LogP contribution in [-0.4, -0.2) is 24.7 Å². The summed E-state index contributed by atoms with van der Waals surface area (Å²) in [5.41, 5.74) is -0.0846. The van der Waals surface area contributed by atoms with Crippen molar-refractivity contribution < 1.29 is 14.3 Å². The average Bonchev–Trinajstić information content (AvgIpc) is 2.48. The first kappa shape index (κ1) is 18.0. The van der Waals surface area contributed by atoms with Crippen molar-refractivity contribution in [2.45, 2.75) is 52.2 Å². The molecule has 120 valence electrons. The van der Waals surface area contributed by atoms with Gasteiger partial charge >= 0.3 is 0 Å². The first-order chi connectivity index (χ1) is 10.4. The van der Waals surface area contributed by atoms with Crippen molar-refractivity contribution in [2.75, 3.05) is 12.4 Å². The Morgan fingerprint density at radius 3 is 2.64 bits per heavy atom. The highest BCUT2D eigenvalue weighted by Gasteiger charge is 2.32. The zero-order valence-corrected chi connectivity index (χ0v) is 13.9. The van der Waals surface area contributed by atoms with Crippen LogP contribution in [0.2, 0.25) is 0 Å². The summed E-state index contributed by atoms with van der Waals surface area (Å²) in [6.45, 7) is 7.56. The molecule has 5 heteroatoms. The second kappa shape index (κ2) is 7.81. The van der Waals surface area contributed by atoms with Gasteiger partial charge in [0.15, 0.2) is 0 Å². The van der Waals surface area contributed by atoms with Gasteiger partial charge in [0.1, 0.15) is 17.4 Å².